The van der Waals surface area contributed by atoms with Crippen molar-refractivity contribution < 1.29 is 14.3 Å². The average molecular weight is 285 g/mol. The lowest BCUT2D eigenvalue weighted by Crippen LogP contribution is -2.20. The molecule has 1 aliphatic heterocycles. The van der Waals surface area contributed by atoms with Crippen LogP contribution in [0.2, 0.25) is 0 Å². The largest absolute Gasteiger partial charge is 0.384 e. The number of nitrogens with one attached hydrogen (secondary N) is 1. The van der Waals surface area contributed by atoms with Gasteiger partial charge in [-0.05, 0) is 47.7 Å². The van der Waals surface area contributed by atoms with Gasteiger partial charge in [0.25, 0.3) is 0 Å². The summed E-state index contributed by atoms with van der Waals surface area (Å²) in [6.07, 6.45) is 0.335. The first kappa shape index (κ1) is 13.8. The summed E-state index contributed by atoms with van der Waals surface area (Å²) >= 11 is 0. The monoisotopic (exact) mass is 285 g/mol. The van der Waals surface area contributed by atoms with Gasteiger partial charge in [0.1, 0.15) is 11.9 Å². The molecule has 0 aliphatic carbocycles. The molecular formula is C17H16FNO2. The molecule has 0 radical (unpaired) electrons. The van der Waals surface area contributed by atoms with Crippen LogP contribution in [0.3, 0.4) is 0 Å². The number of carbonyl (C=O) groups is 1. The Labute approximate surface area is 122 Å². The van der Waals surface area contributed by atoms with Crippen molar-refractivity contribution in [3.63, 3.8) is 0 Å². The molecule has 1 atom stereocenters. The van der Waals surface area contributed by atoms with Crippen LogP contribution in [-0.4, -0.2) is 11.0 Å². The van der Waals surface area contributed by atoms with Gasteiger partial charge in [0.2, 0.25) is 5.91 Å². The average Bonchev–Trinajstić information content (AvgIpc) is 2.48. The Morgan fingerprint density at radius 3 is 2.57 bits per heavy atom. The molecule has 1 amide bonds. The highest BCUT2D eigenvalue weighted by molar-refractivity contribution is 5.94. The Morgan fingerprint density at radius 1 is 1.14 bits per heavy atom. The van der Waals surface area contributed by atoms with Crippen molar-refractivity contribution in [1.82, 2.24) is 0 Å². The molecule has 4 heteroatoms. The Bertz CT molecular complexity index is 695. The van der Waals surface area contributed by atoms with Crippen molar-refractivity contribution in [2.75, 3.05) is 5.32 Å². The number of fused-ring (bicyclic) bond motifs is 1. The predicted octanol–water partition coefficient (Wildman–Crippen LogP) is 3.10. The second-order valence-electron chi connectivity index (χ2n) is 5.37. The summed E-state index contributed by atoms with van der Waals surface area (Å²) in [5.41, 5.74) is 4.22. The van der Waals surface area contributed by atoms with Crippen LogP contribution >= 0.6 is 0 Å². The first-order valence-corrected chi connectivity index (χ1v) is 6.91. The molecule has 3 rings (SSSR count). The number of hydrogen-bond acceptors (Lipinski definition) is 2. The van der Waals surface area contributed by atoms with Crippen LogP contribution in [-0.2, 0) is 11.2 Å². The smallest absolute Gasteiger partial charge is 0.224 e. The number of hydrogen-bond donors (Lipinski definition) is 2. The van der Waals surface area contributed by atoms with Gasteiger partial charge in [0.05, 0.1) is 0 Å². The molecule has 2 N–H and O–H groups in total. The molecule has 3 nitrogen and oxygen atoms in total. The second-order valence-corrected chi connectivity index (χ2v) is 5.37. The van der Waals surface area contributed by atoms with E-state index in [0.29, 0.717) is 18.4 Å². The molecule has 0 saturated carbocycles. The zero-order valence-electron chi connectivity index (χ0n) is 11.7. The SMILES string of the molecule is Cc1cc(C(O)c2ccc(F)cc2)cc2c1NC(=O)CC2. The molecule has 0 bridgehead atoms. The molecular weight excluding hydrogens is 269 g/mol. The highest BCUT2D eigenvalue weighted by atomic mass is 19.1. The lowest BCUT2D eigenvalue weighted by atomic mass is 9.92. The first-order chi connectivity index (χ1) is 10.0. The van der Waals surface area contributed by atoms with E-state index in [1.54, 1.807) is 12.1 Å². The summed E-state index contributed by atoms with van der Waals surface area (Å²) in [6, 6.07) is 9.61. The standard InChI is InChI=1S/C17H16FNO2/c1-10-8-13(9-12-4-7-15(20)19-16(10)12)17(21)11-2-5-14(18)6-3-11/h2-3,5-6,8-9,17,21H,4,7H2,1H3,(H,19,20). The summed E-state index contributed by atoms with van der Waals surface area (Å²) < 4.78 is 13.0. The van der Waals surface area contributed by atoms with E-state index < -0.39 is 6.10 Å². The van der Waals surface area contributed by atoms with Crippen LogP contribution in [0.5, 0.6) is 0 Å². The van der Waals surface area contributed by atoms with E-state index in [4.69, 9.17) is 0 Å². The van der Waals surface area contributed by atoms with Crippen molar-refractivity contribution in [1.29, 1.82) is 0 Å². The molecule has 2 aromatic carbocycles. The molecule has 0 aromatic heterocycles. The minimum absolute atomic E-state index is 0.0254. The summed E-state index contributed by atoms with van der Waals surface area (Å²) in [5.74, 6) is -0.298. The third-order valence-corrected chi connectivity index (χ3v) is 3.83. The minimum atomic E-state index is -0.799. The third kappa shape index (κ3) is 2.67. The second kappa shape index (κ2) is 5.30. The van der Waals surface area contributed by atoms with Crippen LogP contribution in [0.15, 0.2) is 36.4 Å². The number of aryl methyl sites for hydroxylation is 2. The van der Waals surface area contributed by atoms with E-state index in [2.05, 4.69) is 5.32 Å². The van der Waals surface area contributed by atoms with E-state index >= 15 is 0 Å². The number of halogens is 1. The fourth-order valence-electron chi connectivity index (χ4n) is 2.71. The maximum atomic E-state index is 13.0. The number of benzene rings is 2. The maximum Gasteiger partial charge on any atom is 0.224 e. The maximum absolute atomic E-state index is 13.0. The van der Waals surface area contributed by atoms with Crippen LogP contribution in [0.1, 0.15) is 34.8 Å². The molecule has 1 unspecified atom stereocenters. The van der Waals surface area contributed by atoms with Crippen molar-refractivity contribution >= 4 is 11.6 Å². The Hall–Kier alpha value is -2.20. The molecule has 108 valence electrons. The van der Waals surface area contributed by atoms with Crippen molar-refractivity contribution in [2.24, 2.45) is 0 Å². The molecule has 21 heavy (non-hydrogen) atoms. The van der Waals surface area contributed by atoms with Crippen LogP contribution in [0.25, 0.3) is 0 Å². The molecule has 0 saturated heterocycles. The van der Waals surface area contributed by atoms with Crippen LogP contribution in [0, 0.1) is 12.7 Å². The number of carbonyl (C=O) groups excluding carboxylic acids is 1. The Balaban J connectivity index is 1.97. The number of rotatable bonds is 2. The van der Waals surface area contributed by atoms with Gasteiger partial charge in [-0.1, -0.05) is 24.3 Å². The quantitative estimate of drug-likeness (QED) is 0.890. The van der Waals surface area contributed by atoms with Crippen LogP contribution in [0.4, 0.5) is 10.1 Å². The number of aliphatic hydroxyl groups excluding tert-OH is 1. The van der Waals surface area contributed by atoms with Gasteiger partial charge in [0.15, 0.2) is 0 Å². The molecule has 0 spiro atoms. The predicted molar refractivity (Wildman–Crippen MR) is 78.6 cm³/mol. The van der Waals surface area contributed by atoms with Gasteiger partial charge in [-0.25, -0.2) is 4.39 Å². The minimum Gasteiger partial charge on any atom is -0.384 e. The first-order valence-electron chi connectivity index (χ1n) is 6.91. The van der Waals surface area contributed by atoms with Gasteiger partial charge < -0.3 is 10.4 Å². The summed E-state index contributed by atoms with van der Waals surface area (Å²) in [4.78, 5) is 11.5. The lowest BCUT2D eigenvalue weighted by molar-refractivity contribution is -0.116. The zero-order chi connectivity index (χ0) is 15.0. The summed E-state index contributed by atoms with van der Waals surface area (Å²) in [7, 11) is 0. The van der Waals surface area contributed by atoms with Crippen molar-refractivity contribution in [3.8, 4) is 0 Å². The van der Waals surface area contributed by atoms with E-state index in [0.717, 1.165) is 22.4 Å². The highest BCUT2D eigenvalue weighted by Gasteiger charge is 2.20. The number of anilines is 1. The van der Waals surface area contributed by atoms with E-state index in [1.807, 2.05) is 19.1 Å². The molecule has 1 heterocycles. The number of aliphatic hydroxyl groups is 1. The summed E-state index contributed by atoms with van der Waals surface area (Å²) in [6.45, 7) is 1.91. The molecule has 0 fully saturated rings. The molecule has 1 aliphatic rings. The Kier molecular flexibility index (Phi) is 3.47. The number of amides is 1. The fourth-order valence-corrected chi connectivity index (χ4v) is 2.71. The third-order valence-electron chi connectivity index (χ3n) is 3.83. The van der Waals surface area contributed by atoms with E-state index in [9.17, 15) is 14.3 Å². The van der Waals surface area contributed by atoms with Crippen molar-refractivity contribution in [2.45, 2.75) is 25.9 Å². The van der Waals surface area contributed by atoms with Crippen molar-refractivity contribution in [3.05, 3.63) is 64.5 Å². The topological polar surface area (TPSA) is 49.3 Å². The van der Waals surface area contributed by atoms with E-state index in [-0.39, 0.29) is 11.7 Å². The summed E-state index contributed by atoms with van der Waals surface area (Å²) in [5, 5.41) is 13.3. The van der Waals surface area contributed by atoms with E-state index in [1.165, 1.54) is 12.1 Å². The normalized spacial score (nSPS) is 15.3. The lowest BCUT2D eigenvalue weighted by Gasteiger charge is -2.22. The van der Waals surface area contributed by atoms with Gasteiger partial charge in [-0.3, -0.25) is 4.79 Å². The van der Waals surface area contributed by atoms with Gasteiger partial charge in [0, 0.05) is 12.1 Å². The fraction of sp³-hybridized carbons (Fsp3) is 0.235. The molecule has 2 aromatic rings. The van der Waals surface area contributed by atoms with Gasteiger partial charge in [-0.15, -0.1) is 0 Å². The van der Waals surface area contributed by atoms with Crippen LogP contribution < -0.4 is 5.32 Å². The zero-order valence-corrected chi connectivity index (χ0v) is 11.7. The Morgan fingerprint density at radius 2 is 1.86 bits per heavy atom. The highest BCUT2D eigenvalue weighted by Crippen LogP contribution is 2.32. The van der Waals surface area contributed by atoms with Gasteiger partial charge in [-0.2, -0.15) is 0 Å². The van der Waals surface area contributed by atoms with Gasteiger partial charge >= 0.3 is 0 Å².